The molecule has 4 rings (SSSR count). The van der Waals surface area contributed by atoms with Crippen molar-refractivity contribution in [2.75, 3.05) is 0 Å². The molecule has 7 heteroatoms. The molecule has 0 radical (unpaired) electrons. The summed E-state index contributed by atoms with van der Waals surface area (Å²) >= 11 is 0. The van der Waals surface area contributed by atoms with Crippen LogP contribution in [0.5, 0.6) is 0 Å². The molecular weight excluding hydrogens is 409 g/mol. The molecule has 1 saturated carbocycles. The molecule has 2 fully saturated rings. The second kappa shape index (κ2) is 7.61. The van der Waals surface area contributed by atoms with E-state index in [1.165, 1.54) is 12.1 Å². The maximum Gasteiger partial charge on any atom is 0.252 e. The molecule has 6 atom stereocenters. The Labute approximate surface area is 177 Å². The largest absolute Gasteiger partial charge is 0.256 e. The van der Waals surface area contributed by atoms with Gasteiger partial charge in [0.1, 0.15) is 5.82 Å². The third kappa shape index (κ3) is 3.62. The minimum absolute atomic E-state index is 0.118. The number of nitrogens with zero attached hydrogens (tertiary/aromatic N) is 1. The number of benzene rings is 1. The summed E-state index contributed by atoms with van der Waals surface area (Å²) in [5.41, 5.74) is 2.14. The van der Waals surface area contributed by atoms with Crippen LogP contribution in [0.1, 0.15) is 32.9 Å². The second-order valence-electron chi connectivity index (χ2n) is 8.66. The average molecular weight is 435 g/mol. The Morgan fingerprint density at radius 2 is 1.97 bits per heavy atom. The summed E-state index contributed by atoms with van der Waals surface area (Å²) in [6, 6.07) is 9.77. The van der Waals surface area contributed by atoms with Crippen molar-refractivity contribution >= 4 is 17.1 Å². The Morgan fingerprint density at radius 3 is 2.63 bits per heavy atom. The first-order valence-electron chi connectivity index (χ1n) is 10.1. The van der Waals surface area contributed by atoms with E-state index in [1.54, 1.807) is 50.4 Å². The van der Waals surface area contributed by atoms with Crippen LogP contribution in [0.2, 0.25) is 0 Å². The molecule has 2 aliphatic rings. The molecule has 1 aliphatic carbocycles. The van der Waals surface area contributed by atoms with Gasteiger partial charge in [-0.25, -0.2) is 22.1 Å². The summed E-state index contributed by atoms with van der Waals surface area (Å²) in [5, 5.41) is 0. The van der Waals surface area contributed by atoms with Crippen LogP contribution in [0.3, 0.4) is 0 Å². The lowest BCUT2D eigenvalue weighted by molar-refractivity contribution is -0.120. The molecule has 2 aromatic rings. The number of fused-ring (bicyclic) bond motifs is 1. The Kier molecular flexibility index (Phi) is 5.39. The molecule has 1 aromatic heterocycles. The quantitative estimate of drug-likeness (QED) is 0.720. The van der Waals surface area contributed by atoms with E-state index in [4.69, 9.17) is 0 Å². The van der Waals surface area contributed by atoms with Gasteiger partial charge >= 0.3 is 0 Å². The smallest absolute Gasteiger partial charge is 0.252 e. The third-order valence-corrected chi connectivity index (χ3v) is 8.49. The molecule has 1 aliphatic heterocycles. The molecule has 0 spiro atoms. The molecule has 1 N–H and O–H groups in total. The lowest BCUT2D eigenvalue weighted by Crippen LogP contribution is -2.55. The molecule has 3 nitrogen and oxygen atoms in total. The van der Waals surface area contributed by atoms with E-state index in [9.17, 15) is 17.4 Å². The van der Waals surface area contributed by atoms with Crippen molar-refractivity contribution in [3.8, 4) is 11.1 Å². The Morgan fingerprint density at radius 1 is 1.20 bits per heavy atom. The van der Waals surface area contributed by atoms with Crippen LogP contribution in [0.4, 0.5) is 13.2 Å². The topological polar surface area (TPSA) is 42.0 Å². The number of hydrogen-bond acceptors (Lipinski definition) is 2. The SMILES string of the molecule is CC1NS(=O)C2(C)CC(F)(F)C(C)[C@H](/C=C/c3ccc(-c4cccc(F)c4)cn3)C12. The molecule has 2 heterocycles. The molecule has 30 heavy (non-hydrogen) atoms. The fourth-order valence-electron chi connectivity index (χ4n) is 5.01. The van der Waals surface area contributed by atoms with Crippen LogP contribution in [0.15, 0.2) is 48.7 Å². The van der Waals surface area contributed by atoms with Crippen molar-refractivity contribution in [2.24, 2.45) is 17.8 Å². The highest BCUT2D eigenvalue weighted by atomic mass is 32.2. The first kappa shape index (κ1) is 21.2. The van der Waals surface area contributed by atoms with Crippen molar-refractivity contribution in [3.05, 3.63) is 60.2 Å². The number of halogens is 3. The van der Waals surface area contributed by atoms with Crippen LogP contribution >= 0.6 is 0 Å². The number of rotatable bonds is 3. The number of aromatic nitrogens is 1. The Balaban J connectivity index is 1.61. The average Bonchev–Trinajstić information content (AvgIpc) is 2.90. The maximum atomic E-state index is 14.8. The van der Waals surface area contributed by atoms with E-state index >= 15 is 0 Å². The van der Waals surface area contributed by atoms with E-state index < -0.39 is 33.5 Å². The van der Waals surface area contributed by atoms with E-state index in [-0.39, 0.29) is 24.2 Å². The van der Waals surface area contributed by atoms with E-state index in [2.05, 4.69) is 9.71 Å². The zero-order chi connectivity index (χ0) is 21.7. The van der Waals surface area contributed by atoms with Gasteiger partial charge in [0, 0.05) is 36.1 Å². The zero-order valence-corrected chi connectivity index (χ0v) is 17.9. The van der Waals surface area contributed by atoms with E-state index in [0.29, 0.717) is 5.69 Å². The fourth-order valence-corrected chi connectivity index (χ4v) is 6.70. The fraction of sp³-hybridized carbons (Fsp3) is 0.435. The van der Waals surface area contributed by atoms with Crippen LogP contribution in [-0.2, 0) is 11.0 Å². The van der Waals surface area contributed by atoms with Crippen molar-refractivity contribution < 1.29 is 17.4 Å². The van der Waals surface area contributed by atoms with Crippen molar-refractivity contribution in [2.45, 2.75) is 43.9 Å². The van der Waals surface area contributed by atoms with Gasteiger partial charge in [0.25, 0.3) is 5.92 Å². The molecule has 5 unspecified atom stereocenters. The number of pyridine rings is 1. The first-order valence-corrected chi connectivity index (χ1v) is 11.2. The summed E-state index contributed by atoms with van der Waals surface area (Å²) in [6.07, 6.45) is 4.82. The van der Waals surface area contributed by atoms with E-state index in [1.807, 2.05) is 13.0 Å². The molecule has 0 amide bonds. The number of nitrogens with one attached hydrogen (secondary N) is 1. The minimum atomic E-state index is -2.89. The highest BCUT2D eigenvalue weighted by Gasteiger charge is 2.63. The van der Waals surface area contributed by atoms with Gasteiger partial charge in [-0.05, 0) is 49.6 Å². The monoisotopic (exact) mass is 434 g/mol. The van der Waals surface area contributed by atoms with Crippen LogP contribution in [0, 0.1) is 23.6 Å². The van der Waals surface area contributed by atoms with Crippen LogP contribution < -0.4 is 4.72 Å². The number of alkyl halides is 2. The van der Waals surface area contributed by atoms with E-state index in [0.717, 1.165) is 11.1 Å². The Hall–Kier alpha value is -1.99. The first-order chi connectivity index (χ1) is 14.1. The summed E-state index contributed by atoms with van der Waals surface area (Å²) in [6.45, 7) is 5.19. The van der Waals surface area contributed by atoms with Gasteiger partial charge in [-0.15, -0.1) is 0 Å². The van der Waals surface area contributed by atoms with Crippen molar-refractivity contribution in [3.63, 3.8) is 0 Å². The molecule has 1 saturated heterocycles. The summed E-state index contributed by atoms with van der Waals surface area (Å²) in [4.78, 5) is 4.39. The third-order valence-electron chi connectivity index (χ3n) is 6.64. The highest BCUT2D eigenvalue weighted by molar-refractivity contribution is 7.84. The van der Waals surface area contributed by atoms with Gasteiger partial charge in [-0.2, -0.15) is 0 Å². The minimum Gasteiger partial charge on any atom is -0.256 e. The summed E-state index contributed by atoms with van der Waals surface area (Å²) in [7, 11) is -1.50. The number of allylic oxidation sites excluding steroid dienone is 1. The Bertz CT molecular complexity index is 994. The normalized spacial score (nSPS) is 35.5. The van der Waals surface area contributed by atoms with Crippen molar-refractivity contribution in [1.82, 2.24) is 9.71 Å². The predicted octanol–water partition coefficient (Wildman–Crippen LogP) is 5.22. The molecule has 1 aromatic carbocycles. The van der Waals surface area contributed by atoms with Gasteiger partial charge in [0.15, 0.2) is 0 Å². The van der Waals surface area contributed by atoms with Gasteiger partial charge < -0.3 is 0 Å². The van der Waals surface area contributed by atoms with Crippen LogP contribution in [-0.4, -0.2) is 25.9 Å². The second-order valence-corrected chi connectivity index (χ2v) is 10.4. The molecule has 160 valence electrons. The maximum absolute atomic E-state index is 14.8. The van der Waals surface area contributed by atoms with Gasteiger partial charge in [0.05, 0.1) is 21.4 Å². The molecule has 0 bridgehead atoms. The number of hydrogen-bond donors (Lipinski definition) is 1. The summed E-state index contributed by atoms with van der Waals surface area (Å²) in [5.74, 6) is -4.66. The van der Waals surface area contributed by atoms with Gasteiger partial charge in [-0.3, -0.25) is 4.98 Å². The molecular formula is C23H25F3N2OS. The predicted molar refractivity (Wildman–Crippen MR) is 114 cm³/mol. The standard InChI is InChI=1S/C23H25F3N2OS/c1-14-20(21-15(2)28-30(29)22(21,3)13-23(14,25)26)10-9-19-8-7-17(12-27-19)16-5-4-6-18(24)11-16/h4-12,14-15,20-21,28H,13H2,1-3H3/b10-9+/t14?,15?,20-,21?,22?,30?/m0/s1. The van der Waals surface area contributed by atoms with Gasteiger partial charge in [-0.1, -0.05) is 31.2 Å². The van der Waals surface area contributed by atoms with Gasteiger partial charge in [0.2, 0.25) is 0 Å². The zero-order valence-electron chi connectivity index (χ0n) is 17.1. The highest BCUT2D eigenvalue weighted by Crippen LogP contribution is 2.55. The van der Waals surface area contributed by atoms with Crippen molar-refractivity contribution in [1.29, 1.82) is 0 Å². The lowest BCUT2D eigenvalue weighted by Gasteiger charge is -2.47. The summed E-state index contributed by atoms with van der Waals surface area (Å²) < 4.78 is 57.6. The van der Waals surface area contributed by atoms with Crippen LogP contribution in [0.25, 0.3) is 17.2 Å². The lowest BCUT2D eigenvalue weighted by atomic mass is 9.63.